The minimum Gasteiger partial charge on any atom is -0.487 e. The smallest absolute Gasteiger partial charge is 0.311 e. The number of fused-ring (bicyclic) bond motifs is 1. The molecule has 1 N–H and O–H groups in total. The van der Waals surface area contributed by atoms with Gasteiger partial charge in [-0.3, -0.25) is 9.59 Å². The van der Waals surface area contributed by atoms with Gasteiger partial charge in [0.2, 0.25) is 5.91 Å². The first-order valence-corrected chi connectivity index (χ1v) is 18.2. The third-order valence-corrected chi connectivity index (χ3v) is 9.93. The maximum Gasteiger partial charge on any atom is 0.311 e. The highest BCUT2D eigenvalue weighted by Crippen LogP contribution is 2.45. The molecule has 0 fully saturated rings. The molecule has 3 atom stereocenters. The fourth-order valence-electron chi connectivity index (χ4n) is 6.64. The third-order valence-electron chi connectivity index (χ3n) is 9.93. The number of nitrogens with zero attached hydrogens (tertiary/aromatic N) is 3. The van der Waals surface area contributed by atoms with E-state index in [9.17, 15) is 9.59 Å². The number of unbranched alkanes of at least 4 members (excludes halogenated alkanes) is 2. The van der Waals surface area contributed by atoms with E-state index in [0.717, 1.165) is 84.3 Å². The van der Waals surface area contributed by atoms with Crippen molar-refractivity contribution < 1.29 is 19.1 Å². The molecule has 260 valence electrons. The van der Waals surface area contributed by atoms with Crippen LogP contribution in [0.4, 0.5) is 0 Å². The lowest BCUT2D eigenvalue weighted by atomic mass is 9.83. The lowest BCUT2D eigenvalue weighted by Crippen LogP contribution is -2.37. The molecule has 1 aliphatic rings. The average Bonchev–Trinajstić information content (AvgIpc) is 3.00. The van der Waals surface area contributed by atoms with E-state index in [1.165, 1.54) is 51.4 Å². The number of esters is 1. The van der Waals surface area contributed by atoms with Crippen LogP contribution < -0.4 is 14.8 Å². The molecule has 1 aromatic carbocycles. The number of carbonyl (C=O) groups excluding carboxylic acids is 2. The van der Waals surface area contributed by atoms with Gasteiger partial charge in [0.1, 0.15) is 17.1 Å². The van der Waals surface area contributed by atoms with Crippen LogP contribution in [-0.2, 0) is 16.0 Å². The number of carbonyl (C=O) groups is 2. The highest BCUT2D eigenvalue weighted by Gasteiger charge is 2.35. The zero-order chi connectivity index (χ0) is 34.1. The molecule has 8 nitrogen and oxygen atoms in total. The monoisotopic (exact) mass is 640 g/mol. The predicted octanol–water partition coefficient (Wildman–Crippen LogP) is 10.4. The van der Waals surface area contributed by atoms with E-state index in [1.54, 1.807) is 0 Å². The lowest BCUT2D eigenvalue weighted by Gasteiger charge is -2.38. The van der Waals surface area contributed by atoms with Crippen LogP contribution in [-0.4, -0.2) is 30.6 Å². The van der Waals surface area contributed by atoms with E-state index in [0.29, 0.717) is 18.8 Å². The number of hydrogen-bond donors (Lipinski definition) is 1. The van der Waals surface area contributed by atoms with Crippen LogP contribution in [0.15, 0.2) is 5.11 Å². The molecule has 0 spiro atoms. The van der Waals surface area contributed by atoms with Crippen LogP contribution in [0.5, 0.6) is 11.5 Å². The van der Waals surface area contributed by atoms with Crippen molar-refractivity contribution in [3.05, 3.63) is 32.7 Å². The molecule has 0 unspecified atom stereocenters. The van der Waals surface area contributed by atoms with Gasteiger partial charge >= 0.3 is 5.97 Å². The van der Waals surface area contributed by atoms with Gasteiger partial charge < -0.3 is 14.8 Å². The second kappa shape index (κ2) is 20.5. The molecule has 0 radical (unpaired) electrons. The molecule has 46 heavy (non-hydrogen) atoms. The quantitative estimate of drug-likeness (QED) is 0.0339. The Morgan fingerprint density at radius 1 is 0.891 bits per heavy atom. The SMILES string of the molecule is Cc1c(C)c2c(c(C)c1OC(=O)CCC(=O)NCCCCCN=[N+]=[N-])CC[C@@](C)(CCC[C@H](C)CCC[C@H](C)CCCC(C)C)O2. The van der Waals surface area contributed by atoms with Crippen LogP contribution in [0.3, 0.4) is 0 Å². The topological polar surface area (TPSA) is 113 Å². The van der Waals surface area contributed by atoms with Crippen molar-refractivity contribution >= 4 is 11.9 Å². The summed E-state index contributed by atoms with van der Waals surface area (Å²) in [6.07, 6.45) is 16.0. The predicted molar refractivity (Wildman–Crippen MR) is 188 cm³/mol. The Morgan fingerprint density at radius 2 is 1.54 bits per heavy atom. The Hall–Kier alpha value is -2.73. The van der Waals surface area contributed by atoms with Gasteiger partial charge in [0.05, 0.1) is 6.42 Å². The van der Waals surface area contributed by atoms with Crippen molar-refractivity contribution in [3.63, 3.8) is 0 Å². The van der Waals surface area contributed by atoms with Gasteiger partial charge in [0, 0.05) is 30.0 Å². The van der Waals surface area contributed by atoms with Gasteiger partial charge in [-0.1, -0.05) is 84.2 Å². The van der Waals surface area contributed by atoms with Crippen LogP contribution >= 0.6 is 0 Å². The standard InChI is InChI=1S/C38H64N4O4/c1-27(2)15-12-16-28(3)17-13-18-29(4)19-14-23-38(8)24-22-33-32(7)36(30(5)31(6)37(33)46-38)45-35(44)21-20-34(43)40-25-10-9-11-26-41-42-39/h27-29H,9-26H2,1-8H3,(H,40,43)/t28-,29-,38-/m1/s1. The van der Waals surface area contributed by atoms with Gasteiger partial charge in [-0.15, -0.1) is 0 Å². The second-order valence-corrected chi connectivity index (χ2v) is 14.8. The normalized spacial score (nSPS) is 17.1. The molecule has 1 amide bonds. The van der Waals surface area contributed by atoms with Crippen LogP contribution in [0.2, 0.25) is 0 Å². The second-order valence-electron chi connectivity index (χ2n) is 14.8. The van der Waals surface area contributed by atoms with E-state index in [-0.39, 0.29) is 24.3 Å². The van der Waals surface area contributed by atoms with Crippen LogP contribution in [0.1, 0.15) is 153 Å². The summed E-state index contributed by atoms with van der Waals surface area (Å²) < 4.78 is 12.6. The Kier molecular flexibility index (Phi) is 17.6. The van der Waals surface area contributed by atoms with Gasteiger partial charge in [-0.05, 0) is 106 Å². The van der Waals surface area contributed by atoms with E-state index in [4.69, 9.17) is 15.0 Å². The zero-order valence-electron chi connectivity index (χ0n) is 30.4. The summed E-state index contributed by atoms with van der Waals surface area (Å²) in [5.74, 6) is 3.42. The van der Waals surface area contributed by atoms with Gasteiger partial charge in [-0.2, -0.15) is 0 Å². The molecule has 1 heterocycles. The van der Waals surface area contributed by atoms with E-state index >= 15 is 0 Å². The number of hydrogen-bond acceptors (Lipinski definition) is 5. The van der Waals surface area contributed by atoms with Gasteiger partial charge in [0.15, 0.2) is 0 Å². The van der Waals surface area contributed by atoms with E-state index in [2.05, 4.69) is 56.9 Å². The fourth-order valence-corrected chi connectivity index (χ4v) is 6.64. The average molecular weight is 641 g/mol. The first-order valence-electron chi connectivity index (χ1n) is 18.2. The first kappa shape index (κ1) is 39.4. The lowest BCUT2D eigenvalue weighted by molar-refractivity contribution is -0.136. The molecular formula is C38H64N4O4. The summed E-state index contributed by atoms with van der Waals surface area (Å²) >= 11 is 0. The molecule has 2 rings (SSSR count). The Balaban J connectivity index is 1.81. The summed E-state index contributed by atoms with van der Waals surface area (Å²) in [6.45, 7) is 18.8. The van der Waals surface area contributed by atoms with Crippen LogP contribution in [0, 0.1) is 38.5 Å². The van der Waals surface area contributed by atoms with Gasteiger partial charge in [0.25, 0.3) is 0 Å². The van der Waals surface area contributed by atoms with Crippen molar-refractivity contribution in [2.75, 3.05) is 13.1 Å². The van der Waals surface area contributed by atoms with E-state index < -0.39 is 5.97 Å². The summed E-state index contributed by atoms with van der Waals surface area (Å²) in [7, 11) is 0. The van der Waals surface area contributed by atoms with Crippen LogP contribution in [0.25, 0.3) is 10.4 Å². The van der Waals surface area contributed by atoms with Crippen molar-refractivity contribution in [1.82, 2.24) is 5.32 Å². The number of amides is 1. The maximum absolute atomic E-state index is 12.7. The maximum atomic E-state index is 12.7. The molecule has 0 aliphatic carbocycles. The Bertz CT molecular complexity index is 1160. The summed E-state index contributed by atoms with van der Waals surface area (Å²) in [4.78, 5) is 27.7. The highest BCUT2D eigenvalue weighted by atomic mass is 16.5. The zero-order valence-corrected chi connectivity index (χ0v) is 30.4. The van der Waals surface area contributed by atoms with Crippen molar-refractivity contribution in [2.24, 2.45) is 22.9 Å². The molecule has 8 heteroatoms. The Morgan fingerprint density at radius 3 is 2.20 bits per heavy atom. The Labute approximate surface area is 279 Å². The third kappa shape index (κ3) is 13.9. The summed E-state index contributed by atoms with van der Waals surface area (Å²) in [5.41, 5.74) is 12.2. The molecule has 0 saturated carbocycles. The molecule has 0 saturated heterocycles. The summed E-state index contributed by atoms with van der Waals surface area (Å²) in [5, 5.41) is 6.35. The first-order chi connectivity index (χ1) is 21.9. The highest BCUT2D eigenvalue weighted by molar-refractivity contribution is 5.82. The van der Waals surface area contributed by atoms with Crippen molar-refractivity contribution in [1.29, 1.82) is 0 Å². The van der Waals surface area contributed by atoms with Crippen molar-refractivity contribution in [2.45, 2.75) is 164 Å². The molecule has 0 bridgehead atoms. The van der Waals surface area contributed by atoms with Gasteiger partial charge in [-0.25, -0.2) is 0 Å². The molecule has 1 aromatic rings. The summed E-state index contributed by atoms with van der Waals surface area (Å²) in [6, 6.07) is 0. The number of benzene rings is 1. The number of ether oxygens (including phenoxy) is 2. The largest absolute Gasteiger partial charge is 0.487 e. The van der Waals surface area contributed by atoms with Crippen molar-refractivity contribution in [3.8, 4) is 11.5 Å². The number of nitrogens with one attached hydrogen (secondary N) is 1. The molecule has 1 aliphatic heterocycles. The molecular weight excluding hydrogens is 576 g/mol. The minimum absolute atomic E-state index is 0.0298. The minimum atomic E-state index is -0.397. The molecule has 0 aromatic heterocycles. The fraction of sp³-hybridized carbons (Fsp3) is 0.789. The number of rotatable bonds is 22. The number of azide groups is 1. The van der Waals surface area contributed by atoms with E-state index in [1.807, 2.05) is 13.8 Å².